The molecule has 0 aromatic carbocycles. The van der Waals surface area contributed by atoms with Crippen molar-refractivity contribution < 1.29 is 9.53 Å². The molecule has 0 spiro atoms. The Kier molecular flexibility index (Phi) is 7.08. The summed E-state index contributed by atoms with van der Waals surface area (Å²) in [5.41, 5.74) is 1.01. The molecule has 6 nitrogen and oxygen atoms in total. The standard InChI is InChI=1S/C14H26N4O2/c1-11(2)8-15-14(17-10-13(19)18(3)4)16-9-12-6-5-7-20-12/h12H,1,5-10H2,2-4H3,(H2,15,16,17). The van der Waals surface area contributed by atoms with Crippen molar-refractivity contribution >= 4 is 11.9 Å². The van der Waals surface area contributed by atoms with E-state index in [0.29, 0.717) is 19.0 Å². The molecule has 20 heavy (non-hydrogen) atoms. The van der Waals surface area contributed by atoms with Crippen LogP contribution in [-0.2, 0) is 9.53 Å². The molecule has 0 aliphatic carbocycles. The molecule has 0 bridgehead atoms. The first-order chi connectivity index (χ1) is 9.49. The van der Waals surface area contributed by atoms with Gasteiger partial charge in [-0.1, -0.05) is 12.2 Å². The normalized spacial score (nSPS) is 18.8. The molecule has 114 valence electrons. The molecule has 1 saturated heterocycles. The van der Waals surface area contributed by atoms with E-state index in [-0.39, 0.29) is 18.6 Å². The minimum Gasteiger partial charge on any atom is -0.376 e. The van der Waals surface area contributed by atoms with Crippen molar-refractivity contribution in [1.29, 1.82) is 0 Å². The Labute approximate surface area is 121 Å². The second-order valence-electron chi connectivity index (χ2n) is 5.28. The maximum absolute atomic E-state index is 11.6. The second-order valence-corrected chi connectivity index (χ2v) is 5.28. The fraction of sp³-hybridized carbons (Fsp3) is 0.714. The van der Waals surface area contributed by atoms with Crippen LogP contribution in [-0.4, -0.2) is 63.2 Å². The Morgan fingerprint density at radius 3 is 2.75 bits per heavy atom. The average Bonchev–Trinajstić information content (AvgIpc) is 2.90. The van der Waals surface area contributed by atoms with Gasteiger partial charge < -0.3 is 20.3 Å². The first-order valence-corrected chi connectivity index (χ1v) is 6.97. The number of carbonyl (C=O) groups excluding carboxylic acids is 1. The van der Waals surface area contributed by atoms with Gasteiger partial charge in [-0.3, -0.25) is 4.79 Å². The van der Waals surface area contributed by atoms with E-state index in [1.54, 1.807) is 14.1 Å². The van der Waals surface area contributed by atoms with Crippen molar-refractivity contribution in [3.63, 3.8) is 0 Å². The maximum Gasteiger partial charge on any atom is 0.243 e. The highest BCUT2D eigenvalue weighted by Crippen LogP contribution is 2.10. The van der Waals surface area contributed by atoms with Crippen LogP contribution in [0, 0.1) is 0 Å². The Balaban J connectivity index is 2.46. The van der Waals surface area contributed by atoms with Gasteiger partial charge in [0.25, 0.3) is 0 Å². The SMILES string of the molecule is C=C(C)CNC(=NCC(=O)N(C)C)NCC1CCCO1. The molecule has 1 aliphatic heterocycles. The Hall–Kier alpha value is -1.56. The van der Waals surface area contributed by atoms with Crippen molar-refractivity contribution in [3.05, 3.63) is 12.2 Å². The van der Waals surface area contributed by atoms with Gasteiger partial charge in [0.15, 0.2) is 5.96 Å². The summed E-state index contributed by atoms with van der Waals surface area (Å²) in [6, 6.07) is 0. The van der Waals surface area contributed by atoms with Gasteiger partial charge in [0.05, 0.1) is 6.10 Å². The molecular formula is C14H26N4O2. The summed E-state index contributed by atoms with van der Waals surface area (Å²) >= 11 is 0. The summed E-state index contributed by atoms with van der Waals surface area (Å²) in [7, 11) is 3.44. The summed E-state index contributed by atoms with van der Waals surface area (Å²) in [4.78, 5) is 17.4. The van der Waals surface area contributed by atoms with Gasteiger partial charge in [0.2, 0.25) is 5.91 Å². The van der Waals surface area contributed by atoms with Crippen LogP contribution in [0.25, 0.3) is 0 Å². The molecule has 1 heterocycles. The van der Waals surface area contributed by atoms with E-state index in [1.807, 2.05) is 6.92 Å². The molecular weight excluding hydrogens is 256 g/mol. The number of nitrogens with one attached hydrogen (secondary N) is 2. The molecule has 2 N–H and O–H groups in total. The third kappa shape index (κ3) is 6.56. The molecule has 6 heteroatoms. The molecule has 0 radical (unpaired) electrons. The summed E-state index contributed by atoms with van der Waals surface area (Å²) in [5, 5.41) is 6.36. The number of amides is 1. The number of rotatable bonds is 6. The number of guanidine groups is 1. The van der Waals surface area contributed by atoms with Gasteiger partial charge in [0, 0.05) is 33.8 Å². The lowest BCUT2D eigenvalue weighted by atomic mass is 10.2. The number of aliphatic imine (C=N–C) groups is 1. The molecule has 1 amide bonds. The van der Waals surface area contributed by atoms with Crippen LogP contribution in [0.4, 0.5) is 0 Å². The van der Waals surface area contributed by atoms with Crippen LogP contribution in [0.15, 0.2) is 17.1 Å². The van der Waals surface area contributed by atoms with E-state index in [9.17, 15) is 4.79 Å². The molecule has 1 aliphatic rings. The topological polar surface area (TPSA) is 66.0 Å². The molecule has 0 aromatic heterocycles. The van der Waals surface area contributed by atoms with Gasteiger partial charge in [-0.2, -0.15) is 0 Å². The highest BCUT2D eigenvalue weighted by molar-refractivity contribution is 5.84. The third-order valence-electron chi connectivity index (χ3n) is 2.95. The molecule has 1 rings (SSSR count). The minimum atomic E-state index is -0.0291. The van der Waals surface area contributed by atoms with Crippen LogP contribution in [0.2, 0.25) is 0 Å². The van der Waals surface area contributed by atoms with Crippen molar-refractivity contribution in [1.82, 2.24) is 15.5 Å². The van der Waals surface area contributed by atoms with E-state index in [4.69, 9.17) is 4.74 Å². The maximum atomic E-state index is 11.6. The second kappa shape index (κ2) is 8.58. The number of likely N-dealkylation sites (N-methyl/N-ethyl adjacent to an activating group) is 1. The zero-order chi connectivity index (χ0) is 15.0. The average molecular weight is 282 g/mol. The van der Waals surface area contributed by atoms with Crippen molar-refractivity contribution in [2.45, 2.75) is 25.9 Å². The lowest BCUT2D eigenvalue weighted by molar-refractivity contribution is -0.127. The molecule has 1 fully saturated rings. The van der Waals surface area contributed by atoms with Crippen LogP contribution >= 0.6 is 0 Å². The molecule has 0 aromatic rings. The Bertz CT molecular complexity index is 360. The molecule has 1 unspecified atom stereocenters. The van der Waals surface area contributed by atoms with Crippen LogP contribution in [0.1, 0.15) is 19.8 Å². The highest BCUT2D eigenvalue weighted by Gasteiger charge is 2.15. The minimum absolute atomic E-state index is 0.0291. The number of ether oxygens (including phenoxy) is 1. The van der Waals surface area contributed by atoms with E-state index >= 15 is 0 Å². The van der Waals surface area contributed by atoms with Crippen molar-refractivity contribution in [2.75, 3.05) is 40.3 Å². The summed E-state index contributed by atoms with van der Waals surface area (Å²) in [6.07, 6.45) is 2.41. The largest absolute Gasteiger partial charge is 0.376 e. The monoisotopic (exact) mass is 282 g/mol. The van der Waals surface area contributed by atoms with Gasteiger partial charge in [-0.05, 0) is 19.8 Å². The van der Waals surface area contributed by atoms with Crippen LogP contribution < -0.4 is 10.6 Å². The van der Waals surface area contributed by atoms with Crippen molar-refractivity contribution in [2.24, 2.45) is 4.99 Å². The number of hydrogen-bond acceptors (Lipinski definition) is 3. The fourth-order valence-electron chi connectivity index (χ4n) is 1.71. The number of hydrogen-bond donors (Lipinski definition) is 2. The first-order valence-electron chi connectivity index (χ1n) is 6.97. The predicted molar refractivity (Wildman–Crippen MR) is 80.8 cm³/mol. The number of carbonyl (C=O) groups is 1. The third-order valence-corrected chi connectivity index (χ3v) is 2.95. The number of nitrogens with zero attached hydrogens (tertiary/aromatic N) is 2. The zero-order valence-electron chi connectivity index (χ0n) is 12.7. The first kappa shape index (κ1) is 16.5. The quantitative estimate of drug-likeness (QED) is 0.419. The van der Waals surface area contributed by atoms with Crippen LogP contribution in [0.3, 0.4) is 0 Å². The smallest absolute Gasteiger partial charge is 0.243 e. The molecule has 0 saturated carbocycles. The lowest BCUT2D eigenvalue weighted by Crippen LogP contribution is -2.42. The van der Waals surface area contributed by atoms with Gasteiger partial charge >= 0.3 is 0 Å². The van der Waals surface area contributed by atoms with Crippen molar-refractivity contribution in [3.8, 4) is 0 Å². The fourth-order valence-corrected chi connectivity index (χ4v) is 1.71. The van der Waals surface area contributed by atoms with Gasteiger partial charge in [0.1, 0.15) is 6.54 Å². The van der Waals surface area contributed by atoms with E-state index in [2.05, 4.69) is 22.2 Å². The van der Waals surface area contributed by atoms with Crippen LogP contribution in [0.5, 0.6) is 0 Å². The predicted octanol–water partition coefficient (Wildman–Crippen LogP) is 0.365. The Morgan fingerprint density at radius 1 is 1.45 bits per heavy atom. The van der Waals surface area contributed by atoms with E-state index in [0.717, 1.165) is 25.0 Å². The van der Waals surface area contributed by atoms with Gasteiger partial charge in [-0.25, -0.2) is 4.99 Å². The van der Waals surface area contributed by atoms with Gasteiger partial charge in [-0.15, -0.1) is 0 Å². The zero-order valence-corrected chi connectivity index (χ0v) is 12.7. The molecule has 1 atom stereocenters. The summed E-state index contributed by atoms with van der Waals surface area (Å²) in [6.45, 7) is 8.08. The lowest BCUT2D eigenvalue weighted by Gasteiger charge is -2.16. The van der Waals surface area contributed by atoms with E-state index < -0.39 is 0 Å². The summed E-state index contributed by atoms with van der Waals surface area (Å²) in [5.74, 6) is 0.595. The highest BCUT2D eigenvalue weighted by atomic mass is 16.5. The summed E-state index contributed by atoms with van der Waals surface area (Å²) < 4.78 is 5.55. The van der Waals surface area contributed by atoms with E-state index in [1.165, 1.54) is 4.90 Å². The Morgan fingerprint density at radius 2 is 2.20 bits per heavy atom.